The molecule has 5 nitrogen and oxygen atoms in total. The van der Waals surface area contributed by atoms with Crippen molar-refractivity contribution in [3.8, 4) is 0 Å². The first-order valence-electron chi connectivity index (χ1n) is 5.07. The van der Waals surface area contributed by atoms with E-state index in [1.165, 1.54) is 0 Å². The van der Waals surface area contributed by atoms with Gasteiger partial charge in [-0.3, -0.25) is 0 Å². The van der Waals surface area contributed by atoms with E-state index in [1.807, 2.05) is 24.4 Å². The minimum absolute atomic E-state index is 0.0151. The number of nitrogens with one attached hydrogen (secondary N) is 1. The Morgan fingerprint density at radius 3 is 3.27 bits per heavy atom. The van der Waals surface area contributed by atoms with E-state index in [2.05, 4.69) is 15.4 Å². The van der Waals surface area contributed by atoms with Crippen LogP contribution in [0.25, 0.3) is 5.65 Å². The third-order valence-electron chi connectivity index (χ3n) is 2.47. The molecule has 2 aromatic rings. The lowest BCUT2D eigenvalue weighted by Crippen LogP contribution is -2.33. The van der Waals surface area contributed by atoms with Crippen molar-refractivity contribution >= 4 is 5.65 Å². The predicted molar refractivity (Wildman–Crippen MR) is 54.5 cm³/mol. The van der Waals surface area contributed by atoms with E-state index in [0.29, 0.717) is 0 Å². The Labute approximate surface area is 87.1 Å². The van der Waals surface area contributed by atoms with Crippen molar-refractivity contribution in [2.24, 2.45) is 0 Å². The fourth-order valence-corrected chi connectivity index (χ4v) is 1.72. The molecule has 1 unspecified atom stereocenters. The first-order chi connectivity index (χ1) is 7.43. The number of pyridine rings is 1. The Morgan fingerprint density at radius 2 is 2.47 bits per heavy atom. The maximum Gasteiger partial charge on any atom is 0.181 e. The molecule has 15 heavy (non-hydrogen) atoms. The molecule has 1 atom stereocenters. The number of fused-ring (bicyclic) bond motifs is 1. The second-order valence-corrected chi connectivity index (χ2v) is 3.54. The molecule has 3 heterocycles. The number of rotatable bonds is 1. The zero-order valence-corrected chi connectivity index (χ0v) is 8.26. The smallest absolute Gasteiger partial charge is 0.181 e. The Morgan fingerprint density at radius 1 is 1.47 bits per heavy atom. The van der Waals surface area contributed by atoms with Crippen LogP contribution < -0.4 is 5.32 Å². The zero-order valence-electron chi connectivity index (χ0n) is 8.26. The van der Waals surface area contributed by atoms with E-state index in [0.717, 1.165) is 31.2 Å². The first kappa shape index (κ1) is 8.82. The highest BCUT2D eigenvalue weighted by molar-refractivity contribution is 5.36. The summed E-state index contributed by atoms with van der Waals surface area (Å²) >= 11 is 0. The molecule has 0 radical (unpaired) electrons. The molecule has 1 saturated heterocycles. The van der Waals surface area contributed by atoms with Crippen molar-refractivity contribution in [3.63, 3.8) is 0 Å². The second-order valence-electron chi connectivity index (χ2n) is 3.54. The van der Waals surface area contributed by atoms with Crippen molar-refractivity contribution in [1.29, 1.82) is 0 Å². The van der Waals surface area contributed by atoms with Crippen molar-refractivity contribution in [2.45, 2.75) is 6.10 Å². The molecule has 0 spiro atoms. The van der Waals surface area contributed by atoms with Gasteiger partial charge in [0.05, 0.1) is 6.61 Å². The van der Waals surface area contributed by atoms with Gasteiger partial charge in [0.2, 0.25) is 0 Å². The lowest BCUT2D eigenvalue weighted by Gasteiger charge is -2.20. The van der Waals surface area contributed by atoms with E-state index in [1.54, 1.807) is 4.52 Å². The van der Waals surface area contributed by atoms with Crippen LogP contribution >= 0.6 is 0 Å². The lowest BCUT2D eigenvalue weighted by atomic mass is 10.3. The SMILES string of the molecule is c1ccn2nc(C3CNCCO3)nc2c1. The minimum atomic E-state index is -0.0151. The van der Waals surface area contributed by atoms with Gasteiger partial charge in [0.15, 0.2) is 11.5 Å². The summed E-state index contributed by atoms with van der Waals surface area (Å²) in [6, 6.07) is 5.83. The van der Waals surface area contributed by atoms with Gasteiger partial charge in [-0.05, 0) is 12.1 Å². The van der Waals surface area contributed by atoms with Crippen LogP contribution in [-0.2, 0) is 4.74 Å². The molecule has 3 rings (SSSR count). The molecule has 0 amide bonds. The Hall–Kier alpha value is -1.46. The standard InChI is InChI=1S/C10H12N4O/c1-2-5-14-9(3-1)12-10(13-14)8-7-11-4-6-15-8/h1-3,5,8,11H,4,6-7H2. The number of ether oxygens (including phenoxy) is 1. The molecule has 0 aliphatic carbocycles. The van der Waals surface area contributed by atoms with Gasteiger partial charge < -0.3 is 10.1 Å². The number of hydrogen-bond acceptors (Lipinski definition) is 4. The van der Waals surface area contributed by atoms with Crippen molar-refractivity contribution < 1.29 is 4.74 Å². The van der Waals surface area contributed by atoms with Crippen LogP contribution in [0.5, 0.6) is 0 Å². The molecule has 1 aliphatic rings. The highest BCUT2D eigenvalue weighted by atomic mass is 16.5. The van der Waals surface area contributed by atoms with Gasteiger partial charge in [-0.15, -0.1) is 5.10 Å². The summed E-state index contributed by atoms with van der Waals surface area (Å²) < 4.78 is 7.36. The molecule has 2 aromatic heterocycles. The molecular weight excluding hydrogens is 192 g/mol. The van der Waals surface area contributed by atoms with Crippen molar-refractivity contribution in [2.75, 3.05) is 19.7 Å². The molecule has 78 valence electrons. The summed E-state index contributed by atoms with van der Waals surface area (Å²) in [5.41, 5.74) is 0.863. The maximum absolute atomic E-state index is 5.59. The largest absolute Gasteiger partial charge is 0.367 e. The fraction of sp³-hybridized carbons (Fsp3) is 0.400. The molecule has 0 saturated carbocycles. The average Bonchev–Trinajstić information content (AvgIpc) is 2.74. The third-order valence-corrected chi connectivity index (χ3v) is 2.47. The van der Waals surface area contributed by atoms with E-state index >= 15 is 0 Å². The highest BCUT2D eigenvalue weighted by Crippen LogP contribution is 2.15. The predicted octanol–water partition coefficient (Wildman–Crippen LogP) is 0.390. The Bertz CT molecular complexity index is 428. The zero-order chi connectivity index (χ0) is 10.1. The van der Waals surface area contributed by atoms with Gasteiger partial charge in [-0.1, -0.05) is 6.07 Å². The topological polar surface area (TPSA) is 51.5 Å². The van der Waals surface area contributed by atoms with E-state index in [4.69, 9.17) is 4.74 Å². The van der Waals surface area contributed by atoms with Crippen LogP contribution in [0.1, 0.15) is 11.9 Å². The highest BCUT2D eigenvalue weighted by Gasteiger charge is 2.19. The van der Waals surface area contributed by atoms with Crippen LogP contribution in [0.15, 0.2) is 24.4 Å². The number of morpholine rings is 1. The molecule has 1 fully saturated rings. The van der Waals surface area contributed by atoms with Gasteiger partial charge in [0, 0.05) is 19.3 Å². The monoisotopic (exact) mass is 204 g/mol. The number of nitrogens with zero attached hydrogens (tertiary/aromatic N) is 3. The Balaban J connectivity index is 1.96. The summed E-state index contributed by atoms with van der Waals surface area (Å²) in [4.78, 5) is 4.42. The maximum atomic E-state index is 5.59. The van der Waals surface area contributed by atoms with Gasteiger partial charge >= 0.3 is 0 Å². The summed E-state index contributed by atoms with van der Waals surface area (Å²) in [7, 11) is 0. The number of hydrogen-bond donors (Lipinski definition) is 1. The molecule has 5 heteroatoms. The Kier molecular flexibility index (Phi) is 2.12. The first-order valence-corrected chi connectivity index (χ1v) is 5.07. The average molecular weight is 204 g/mol. The van der Waals surface area contributed by atoms with Gasteiger partial charge in [0.25, 0.3) is 0 Å². The van der Waals surface area contributed by atoms with E-state index in [9.17, 15) is 0 Å². The quantitative estimate of drug-likeness (QED) is 0.730. The minimum Gasteiger partial charge on any atom is -0.367 e. The van der Waals surface area contributed by atoms with E-state index < -0.39 is 0 Å². The van der Waals surface area contributed by atoms with Crippen LogP contribution in [0, 0.1) is 0 Å². The fourth-order valence-electron chi connectivity index (χ4n) is 1.72. The summed E-state index contributed by atoms with van der Waals surface area (Å²) in [6.07, 6.45) is 1.88. The van der Waals surface area contributed by atoms with Gasteiger partial charge in [-0.25, -0.2) is 9.50 Å². The van der Waals surface area contributed by atoms with Crippen LogP contribution in [0.3, 0.4) is 0 Å². The summed E-state index contributed by atoms with van der Waals surface area (Å²) in [6.45, 7) is 2.42. The van der Waals surface area contributed by atoms with Crippen LogP contribution in [0.4, 0.5) is 0 Å². The van der Waals surface area contributed by atoms with Crippen LogP contribution in [0.2, 0.25) is 0 Å². The molecular formula is C10H12N4O. The van der Waals surface area contributed by atoms with Crippen LogP contribution in [-0.4, -0.2) is 34.3 Å². The molecule has 1 aliphatic heterocycles. The third kappa shape index (κ3) is 1.60. The van der Waals surface area contributed by atoms with E-state index in [-0.39, 0.29) is 6.10 Å². The van der Waals surface area contributed by atoms with Gasteiger partial charge in [-0.2, -0.15) is 0 Å². The molecule has 0 aromatic carbocycles. The lowest BCUT2D eigenvalue weighted by molar-refractivity contribution is 0.0223. The summed E-state index contributed by atoms with van der Waals surface area (Å²) in [5, 5.41) is 7.64. The summed E-state index contributed by atoms with van der Waals surface area (Å²) in [5.74, 6) is 0.758. The molecule has 0 bridgehead atoms. The number of aromatic nitrogens is 3. The van der Waals surface area contributed by atoms with Crippen molar-refractivity contribution in [1.82, 2.24) is 19.9 Å². The second kappa shape index (κ2) is 3.60. The van der Waals surface area contributed by atoms with Gasteiger partial charge in [0.1, 0.15) is 6.10 Å². The van der Waals surface area contributed by atoms with Crippen molar-refractivity contribution in [3.05, 3.63) is 30.2 Å². The normalized spacial score (nSPS) is 22.0. The molecule has 1 N–H and O–H groups in total.